The molecule has 0 saturated heterocycles. The summed E-state index contributed by atoms with van der Waals surface area (Å²) in [7, 11) is 0. The van der Waals surface area contributed by atoms with Crippen LogP contribution >= 0.6 is 0 Å². The average molecular weight is 513 g/mol. The van der Waals surface area contributed by atoms with Gasteiger partial charge in [-0.05, 0) is 98.5 Å². The van der Waals surface area contributed by atoms with Gasteiger partial charge in [0.05, 0.1) is 11.4 Å². The molecule has 0 spiro atoms. The van der Waals surface area contributed by atoms with Crippen molar-refractivity contribution in [3.05, 3.63) is 72.8 Å². The van der Waals surface area contributed by atoms with Crippen LogP contribution in [-0.2, 0) is 0 Å². The Bertz CT molecular complexity index is 1400. The zero-order valence-corrected chi connectivity index (χ0v) is 21.8. The predicted molar refractivity (Wildman–Crippen MR) is 156 cm³/mol. The molecule has 4 rings (SSSR count). The van der Waals surface area contributed by atoms with Crippen LogP contribution in [-0.4, -0.2) is 31.8 Å². The summed E-state index contributed by atoms with van der Waals surface area (Å²) in [4.78, 5) is 8.52. The molecule has 0 aliphatic rings. The molecule has 8 heteroatoms. The maximum atomic E-state index is 10.1. The molecule has 0 aromatic heterocycles. The first-order valence-electron chi connectivity index (χ1n) is 11.8. The molecule has 0 radical (unpaired) electrons. The second-order valence-corrected chi connectivity index (χ2v) is 9.07. The third-order valence-corrected chi connectivity index (χ3v) is 5.37. The highest BCUT2D eigenvalue weighted by Crippen LogP contribution is 2.36. The van der Waals surface area contributed by atoms with E-state index in [0.717, 1.165) is 33.7 Å². The van der Waals surface area contributed by atoms with Gasteiger partial charge in [0.1, 0.15) is 34.4 Å². The van der Waals surface area contributed by atoms with Crippen molar-refractivity contribution in [3.8, 4) is 45.3 Å². The lowest BCUT2D eigenvalue weighted by molar-refractivity contribution is 0.476. The number of nitrogens with zero attached hydrogens (tertiary/aromatic N) is 2. The van der Waals surface area contributed by atoms with Crippen molar-refractivity contribution < 1.29 is 20.4 Å². The van der Waals surface area contributed by atoms with Crippen LogP contribution in [0.1, 0.15) is 27.7 Å². The highest BCUT2D eigenvalue weighted by atomic mass is 16.3. The minimum atomic E-state index is 0.0221. The minimum absolute atomic E-state index is 0.0221. The molecule has 196 valence electrons. The van der Waals surface area contributed by atoms with Crippen molar-refractivity contribution in [1.82, 2.24) is 0 Å². The van der Waals surface area contributed by atoms with Gasteiger partial charge in [0.15, 0.2) is 0 Å². The number of aliphatic imine (C=N–C) groups is 2. The lowest BCUT2D eigenvalue weighted by Gasteiger charge is -2.07. The number of nitrogens with two attached hydrogens (primary N) is 2. The van der Waals surface area contributed by atoms with E-state index in [1.807, 2.05) is 39.8 Å². The van der Waals surface area contributed by atoms with Gasteiger partial charge in [0, 0.05) is 11.4 Å². The van der Waals surface area contributed by atoms with Gasteiger partial charge in [0.2, 0.25) is 0 Å². The number of phenols is 4. The summed E-state index contributed by atoms with van der Waals surface area (Å²) in [6, 6.07) is 20.4. The number of benzene rings is 4. The Labute approximate surface area is 221 Å². The van der Waals surface area contributed by atoms with Gasteiger partial charge >= 0.3 is 0 Å². The number of anilines is 2. The highest BCUT2D eigenvalue weighted by Gasteiger charge is 2.07. The standard InChI is InChI=1S/C18H20N2O2.C12H12N2O2/c1-11(2)19-15-7-5-13(9-17(15)21)14-6-8-16(18(22)10-14)20-12(3)4;13-9-3-1-7(5-11(9)15)8-2-4-10(14)12(16)6-8/h5-10,21-22H,1-4H3;1-6,15-16H,13-14H2. The topological polar surface area (TPSA) is 158 Å². The van der Waals surface area contributed by atoms with Gasteiger partial charge in [-0.25, -0.2) is 0 Å². The molecule has 8 N–H and O–H groups in total. The minimum Gasteiger partial charge on any atom is -0.506 e. The summed E-state index contributed by atoms with van der Waals surface area (Å²) < 4.78 is 0. The lowest BCUT2D eigenvalue weighted by atomic mass is 10.0. The van der Waals surface area contributed by atoms with E-state index in [1.165, 1.54) is 0 Å². The summed E-state index contributed by atoms with van der Waals surface area (Å²) in [6.07, 6.45) is 0. The van der Waals surface area contributed by atoms with Gasteiger partial charge in [-0.2, -0.15) is 0 Å². The largest absolute Gasteiger partial charge is 0.506 e. The predicted octanol–water partition coefficient (Wildman–Crippen LogP) is 6.92. The van der Waals surface area contributed by atoms with Crippen LogP contribution < -0.4 is 11.5 Å². The van der Waals surface area contributed by atoms with Crippen LogP contribution in [0.15, 0.2) is 82.8 Å². The van der Waals surface area contributed by atoms with Crippen molar-refractivity contribution in [2.24, 2.45) is 9.98 Å². The smallest absolute Gasteiger partial charge is 0.141 e. The Morgan fingerprint density at radius 1 is 0.474 bits per heavy atom. The Balaban J connectivity index is 0.000000221. The van der Waals surface area contributed by atoms with E-state index in [9.17, 15) is 20.4 Å². The number of hydrogen-bond donors (Lipinski definition) is 6. The quantitative estimate of drug-likeness (QED) is 0.0989. The first-order valence-corrected chi connectivity index (χ1v) is 11.8. The fourth-order valence-corrected chi connectivity index (χ4v) is 3.52. The van der Waals surface area contributed by atoms with Gasteiger partial charge in [0.25, 0.3) is 0 Å². The molecule has 0 aliphatic heterocycles. The molecule has 0 unspecified atom stereocenters. The van der Waals surface area contributed by atoms with Crippen molar-refractivity contribution in [2.75, 3.05) is 11.5 Å². The summed E-state index contributed by atoms with van der Waals surface area (Å²) in [5.74, 6) is 0.275. The monoisotopic (exact) mass is 512 g/mol. The molecule has 0 atom stereocenters. The van der Waals surface area contributed by atoms with E-state index >= 15 is 0 Å². The van der Waals surface area contributed by atoms with Crippen molar-refractivity contribution in [1.29, 1.82) is 0 Å². The molecule has 4 aromatic rings. The third-order valence-electron chi connectivity index (χ3n) is 5.37. The first kappa shape index (κ1) is 27.6. The van der Waals surface area contributed by atoms with Crippen LogP contribution in [0.5, 0.6) is 23.0 Å². The second-order valence-electron chi connectivity index (χ2n) is 9.07. The third kappa shape index (κ3) is 7.04. The summed E-state index contributed by atoms with van der Waals surface area (Å²) >= 11 is 0. The summed E-state index contributed by atoms with van der Waals surface area (Å²) in [5.41, 5.74) is 17.6. The van der Waals surface area contributed by atoms with E-state index in [-0.39, 0.29) is 23.0 Å². The number of aromatic hydroxyl groups is 4. The zero-order chi connectivity index (χ0) is 28.0. The molecule has 8 nitrogen and oxygen atoms in total. The molecule has 0 fully saturated rings. The SMILES string of the molecule is CC(C)=Nc1ccc(-c2ccc(N=C(C)C)c(O)c2)cc1O.Nc1ccc(-c2ccc(N)c(O)c2)cc1O. The summed E-state index contributed by atoms with van der Waals surface area (Å²) in [6.45, 7) is 7.50. The Kier molecular flexibility index (Phi) is 8.60. The highest BCUT2D eigenvalue weighted by molar-refractivity contribution is 5.85. The number of hydrogen-bond acceptors (Lipinski definition) is 8. The second kappa shape index (κ2) is 11.8. The molecular formula is C30H32N4O4. The molecule has 0 aliphatic carbocycles. The van der Waals surface area contributed by atoms with Crippen molar-refractivity contribution >= 4 is 34.2 Å². The van der Waals surface area contributed by atoms with Gasteiger partial charge in [-0.15, -0.1) is 0 Å². The number of phenolic OH excluding ortho intramolecular Hbond substituents is 4. The molecule has 0 bridgehead atoms. The van der Waals surface area contributed by atoms with E-state index in [4.69, 9.17) is 11.5 Å². The van der Waals surface area contributed by atoms with Crippen LogP contribution in [0.25, 0.3) is 22.3 Å². The van der Waals surface area contributed by atoms with Crippen LogP contribution in [0.4, 0.5) is 22.7 Å². The maximum absolute atomic E-state index is 10.1. The van der Waals surface area contributed by atoms with E-state index in [2.05, 4.69) is 9.98 Å². The fourth-order valence-electron chi connectivity index (χ4n) is 3.52. The molecule has 0 heterocycles. The van der Waals surface area contributed by atoms with Crippen molar-refractivity contribution in [3.63, 3.8) is 0 Å². The zero-order valence-electron chi connectivity index (χ0n) is 21.8. The molecule has 0 amide bonds. The van der Waals surface area contributed by atoms with E-state index < -0.39 is 0 Å². The van der Waals surface area contributed by atoms with Crippen molar-refractivity contribution in [2.45, 2.75) is 27.7 Å². The summed E-state index contributed by atoms with van der Waals surface area (Å²) in [5, 5.41) is 39.1. The first-order chi connectivity index (χ1) is 17.9. The Hall–Kier alpha value is -4.98. The Morgan fingerprint density at radius 2 is 0.763 bits per heavy atom. The maximum Gasteiger partial charge on any atom is 0.141 e. The number of rotatable bonds is 4. The average Bonchev–Trinajstić information content (AvgIpc) is 2.85. The fraction of sp³-hybridized carbons (Fsp3) is 0.133. The van der Waals surface area contributed by atoms with Gasteiger partial charge < -0.3 is 31.9 Å². The molecular weight excluding hydrogens is 480 g/mol. The van der Waals surface area contributed by atoms with Crippen LogP contribution in [0.3, 0.4) is 0 Å². The van der Waals surface area contributed by atoms with E-state index in [0.29, 0.717) is 22.7 Å². The number of nitrogen functional groups attached to an aromatic ring is 2. The van der Waals surface area contributed by atoms with Gasteiger partial charge in [-0.1, -0.05) is 24.3 Å². The Morgan fingerprint density at radius 3 is 1.03 bits per heavy atom. The van der Waals surface area contributed by atoms with Crippen LogP contribution in [0.2, 0.25) is 0 Å². The molecule has 38 heavy (non-hydrogen) atoms. The lowest BCUT2D eigenvalue weighted by Crippen LogP contribution is -1.88. The molecule has 0 saturated carbocycles. The molecule has 4 aromatic carbocycles. The normalized spacial score (nSPS) is 10.2. The van der Waals surface area contributed by atoms with Gasteiger partial charge in [-0.3, -0.25) is 9.98 Å². The van der Waals surface area contributed by atoms with E-state index in [1.54, 1.807) is 60.7 Å². The van der Waals surface area contributed by atoms with Crippen LogP contribution in [0, 0.1) is 0 Å².